The summed E-state index contributed by atoms with van der Waals surface area (Å²) in [5.74, 6) is -1.09. The minimum absolute atomic E-state index is 0.0513. The van der Waals surface area contributed by atoms with Gasteiger partial charge in [-0.2, -0.15) is 0 Å². The van der Waals surface area contributed by atoms with E-state index >= 15 is 0 Å². The first-order valence-corrected chi connectivity index (χ1v) is 4.13. The average Bonchev–Trinajstić information content (AvgIpc) is 2.09. The van der Waals surface area contributed by atoms with E-state index in [0.29, 0.717) is 0 Å². The second-order valence-corrected chi connectivity index (χ2v) is 2.96. The fraction of sp³-hybridized carbons (Fsp3) is 0.143. The summed E-state index contributed by atoms with van der Waals surface area (Å²) in [5, 5.41) is 17.2. The lowest BCUT2D eigenvalue weighted by Gasteiger charge is -2.09. The molecule has 0 heterocycles. The molecule has 0 saturated carbocycles. The summed E-state index contributed by atoms with van der Waals surface area (Å²) in [7, 11) is -2.09. The van der Waals surface area contributed by atoms with E-state index < -0.39 is 13.1 Å². The Kier molecular flexibility index (Phi) is 3.71. The van der Waals surface area contributed by atoms with Crippen LogP contribution in [0.1, 0.15) is 5.56 Å². The smallest absolute Gasteiger partial charge is 0.510 e. The van der Waals surface area contributed by atoms with Gasteiger partial charge in [-0.15, -0.1) is 0 Å². The number of rotatable bonds is 3. The second-order valence-electron chi connectivity index (χ2n) is 2.53. The largest absolute Gasteiger partial charge is 0.707 e. The Hall–Kier alpha value is -0.815. The summed E-state index contributed by atoms with van der Waals surface area (Å²) in [6, 6.07) is 2.48. The Balaban J connectivity index is 3.08. The van der Waals surface area contributed by atoms with Crippen LogP contribution in [-0.2, 0) is 6.54 Å². The topological polar surface area (TPSA) is 75.7 Å². The van der Waals surface area contributed by atoms with Crippen LogP contribution in [0.5, 0.6) is 5.75 Å². The van der Waals surface area contributed by atoms with Gasteiger partial charge in [0.15, 0.2) is 5.82 Å². The summed E-state index contributed by atoms with van der Waals surface area (Å²) < 4.78 is 17.7. The van der Waals surface area contributed by atoms with Crippen molar-refractivity contribution in [2.45, 2.75) is 6.54 Å². The molecule has 4 N–H and O–H groups in total. The number of nitrogens with two attached hydrogens (primary N) is 1. The molecule has 1 aromatic rings. The average molecular weight is 219 g/mol. The minimum atomic E-state index is -2.09. The van der Waals surface area contributed by atoms with Gasteiger partial charge in [-0.05, 0) is 6.07 Å². The lowest BCUT2D eigenvalue weighted by Crippen LogP contribution is -2.21. The van der Waals surface area contributed by atoms with Crippen molar-refractivity contribution in [3.05, 3.63) is 28.5 Å². The van der Waals surface area contributed by atoms with Crippen molar-refractivity contribution in [1.29, 1.82) is 0 Å². The summed E-state index contributed by atoms with van der Waals surface area (Å²) in [6.07, 6.45) is 0. The molecular weight excluding hydrogens is 211 g/mol. The lowest BCUT2D eigenvalue weighted by atomic mass is 10.1. The Morgan fingerprint density at radius 2 is 2.14 bits per heavy atom. The Morgan fingerprint density at radius 1 is 1.50 bits per heavy atom. The first kappa shape index (κ1) is 11.3. The summed E-state index contributed by atoms with van der Waals surface area (Å²) in [5.41, 5.74) is 5.39. The van der Waals surface area contributed by atoms with Crippen molar-refractivity contribution >= 4 is 18.9 Å². The van der Waals surface area contributed by atoms with Gasteiger partial charge in [-0.3, -0.25) is 0 Å². The van der Waals surface area contributed by atoms with E-state index in [1.54, 1.807) is 0 Å². The maximum atomic E-state index is 13.3. The highest BCUT2D eigenvalue weighted by molar-refractivity contribution is 6.34. The van der Waals surface area contributed by atoms with E-state index in [1.165, 1.54) is 6.07 Å². The van der Waals surface area contributed by atoms with Gasteiger partial charge < -0.3 is 20.4 Å². The van der Waals surface area contributed by atoms with Gasteiger partial charge in [0.05, 0.1) is 0 Å². The number of benzene rings is 1. The van der Waals surface area contributed by atoms with Crippen LogP contribution in [0.2, 0.25) is 5.02 Å². The van der Waals surface area contributed by atoms with Gasteiger partial charge in [0.1, 0.15) is 5.75 Å². The fourth-order valence-electron chi connectivity index (χ4n) is 0.966. The van der Waals surface area contributed by atoms with Gasteiger partial charge in [0.25, 0.3) is 0 Å². The van der Waals surface area contributed by atoms with E-state index in [4.69, 9.17) is 27.4 Å². The molecule has 0 unspecified atom stereocenters. The first-order valence-electron chi connectivity index (χ1n) is 3.75. The van der Waals surface area contributed by atoms with Crippen LogP contribution in [-0.4, -0.2) is 17.4 Å². The van der Waals surface area contributed by atoms with Crippen LogP contribution in [0, 0.1) is 5.82 Å². The molecule has 4 nitrogen and oxygen atoms in total. The number of hydrogen-bond acceptors (Lipinski definition) is 4. The fourth-order valence-corrected chi connectivity index (χ4v) is 1.20. The third-order valence-electron chi connectivity index (χ3n) is 1.53. The molecule has 0 fully saturated rings. The monoisotopic (exact) mass is 219 g/mol. The molecule has 0 amide bonds. The van der Waals surface area contributed by atoms with E-state index in [0.717, 1.165) is 6.07 Å². The molecule has 7 heteroatoms. The molecule has 76 valence electrons. The summed E-state index contributed by atoms with van der Waals surface area (Å²) in [4.78, 5) is 0. The van der Waals surface area contributed by atoms with Gasteiger partial charge in [0, 0.05) is 23.2 Å². The summed E-state index contributed by atoms with van der Waals surface area (Å²) in [6.45, 7) is -0.0513. The molecule has 1 rings (SSSR count). The predicted octanol–water partition coefficient (Wildman–Crippen LogP) is 0.286. The van der Waals surface area contributed by atoms with Gasteiger partial charge in [0.2, 0.25) is 0 Å². The highest BCUT2D eigenvalue weighted by atomic mass is 35.5. The molecular formula is C7H8BClFNO3. The Morgan fingerprint density at radius 3 is 2.64 bits per heavy atom. The quantitative estimate of drug-likeness (QED) is 0.639. The molecule has 0 bridgehead atoms. The molecule has 1 aromatic carbocycles. The van der Waals surface area contributed by atoms with E-state index in [-0.39, 0.29) is 22.9 Å². The van der Waals surface area contributed by atoms with Crippen LogP contribution in [0.25, 0.3) is 0 Å². The number of halogens is 2. The molecule has 0 aliphatic carbocycles. The molecule has 14 heavy (non-hydrogen) atoms. The van der Waals surface area contributed by atoms with Crippen LogP contribution >= 0.6 is 11.6 Å². The highest BCUT2D eigenvalue weighted by Crippen LogP contribution is 2.25. The maximum Gasteiger partial charge on any atom is 0.707 e. The maximum absolute atomic E-state index is 13.3. The van der Waals surface area contributed by atoms with E-state index in [9.17, 15) is 4.39 Å². The van der Waals surface area contributed by atoms with E-state index in [2.05, 4.69) is 4.65 Å². The second kappa shape index (κ2) is 4.61. The van der Waals surface area contributed by atoms with Crippen LogP contribution < -0.4 is 10.4 Å². The van der Waals surface area contributed by atoms with Crippen molar-refractivity contribution in [3.8, 4) is 5.75 Å². The molecule has 0 saturated heterocycles. The molecule has 0 atom stereocenters. The molecule has 0 aliphatic rings. The predicted molar refractivity (Wildman–Crippen MR) is 50.1 cm³/mol. The Labute approximate surface area is 85.2 Å². The van der Waals surface area contributed by atoms with Gasteiger partial charge in [-0.1, -0.05) is 11.6 Å². The van der Waals surface area contributed by atoms with Crippen molar-refractivity contribution < 1.29 is 19.1 Å². The first-order chi connectivity index (χ1) is 6.54. The molecule has 0 aliphatic heterocycles. The lowest BCUT2D eigenvalue weighted by molar-refractivity contribution is 0.281. The van der Waals surface area contributed by atoms with Crippen molar-refractivity contribution in [2.75, 3.05) is 0 Å². The summed E-state index contributed by atoms with van der Waals surface area (Å²) >= 11 is 5.62. The molecule has 0 radical (unpaired) electrons. The van der Waals surface area contributed by atoms with Crippen LogP contribution in [0.3, 0.4) is 0 Å². The normalized spacial score (nSPS) is 10.1. The van der Waals surface area contributed by atoms with Gasteiger partial charge >= 0.3 is 7.32 Å². The molecule has 0 spiro atoms. The zero-order valence-corrected chi connectivity index (χ0v) is 7.83. The minimum Gasteiger partial charge on any atom is -0.510 e. The Bertz CT molecular complexity index is 337. The van der Waals surface area contributed by atoms with Crippen LogP contribution in [0.4, 0.5) is 4.39 Å². The van der Waals surface area contributed by atoms with Crippen molar-refractivity contribution in [3.63, 3.8) is 0 Å². The standard InChI is InChI=1S/C7H8BClFNO3/c9-5-1-4(3-11)7(10)6(2-5)14-8(12)13/h1-2,12-13H,3,11H2. The zero-order chi connectivity index (χ0) is 10.7. The number of hydrogen-bond donors (Lipinski definition) is 3. The third kappa shape index (κ3) is 2.59. The van der Waals surface area contributed by atoms with Gasteiger partial charge in [-0.25, -0.2) is 4.39 Å². The molecule has 0 aromatic heterocycles. The third-order valence-corrected chi connectivity index (χ3v) is 1.75. The zero-order valence-electron chi connectivity index (χ0n) is 7.08. The SMILES string of the molecule is NCc1cc(Cl)cc(OB(O)O)c1F. The van der Waals surface area contributed by atoms with Crippen molar-refractivity contribution in [1.82, 2.24) is 0 Å². The van der Waals surface area contributed by atoms with E-state index in [1.807, 2.05) is 0 Å². The van der Waals surface area contributed by atoms with Crippen LogP contribution in [0.15, 0.2) is 12.1 Å². The van der Waals surface area contributed by atoms with Crippen molar-refractivity contribution in [2.24, 2.45) is 5.73 Å². The highest BCUT2D eigenvalue weighted by Gasteiger charge is 2.17.